The van der Waals surface area contributed by atoms with Crippen molar-refractivity contribution in [3.8, 4) is 0 Å². The number of rotatable bonds is 1. The molecule has 0 bridgehead atoms. The number of carboxylic acids is 1. The molecule has 52 valence electrons. The Balaban J connectivity index is 0. The molecule has 0 saturated carbocycles. The minimum absolute atomic E-state index is 0.731. The fraction of sp³-hybridized carbons (Fsp3) is 0.667. The largest absolute Gasteiger partial charge is 0.480 e. The van der Waals surface area contributed by atoms with Gasteiger partial charge in [-0.2, -0.15) is 0 Å². The highest BCUT2D eigenvalue weighted by molar-refractivity contribution is 5.72. The van der Waals surface area contributed by atoms with Gasteiger partial charge in [0.15, 0.2) is 0 Å². The highest BCUT2D eigenvalue weighted by atomic mass is 16.4. The highest BCUT2D eigenvalue weighted by Gasteiger charge is 1.99. The van der Waals surface area contributed by atoms with Crippen molar-refractivity contribution >= 4 is 5.97 Å². The van der Waals surface area contributed by atoms with E-state index in [1.165, 1.54) is 6.92 Å². The molecule has 0 radical (unpaired) electrons. The molecule has 0 unspecified atom stereocenters. The van der Waals surface area contributed by atoms with Crippen LogP contribution >= 0.6 is 0 Å². The molecule has 0 saturated heterocycles. The number of nitrogens with one attached hydrogen (secondary N) is 2. The van der Waals surface area contributed by atoms with E-state index in [0.717, 1.165) is 0 Å². The zero-order valence-corrected chi connectivity index (χ0v) is 4.96. The summed E-state index contributed by atoms with van der Waals surface area (Å²) < 4.78 is 0. The number of hydrogen-bond donors (Lipinski definition) is 4. The van der Waals surface area contributed by atoms with Gasteiger partial charge in [0.2, 0.25) is 4.91 Å². The van der Waals surface area contributed by atoms with Crippen LogP contribution in [0.5, 0.6) is 0 Å². The molecule has 0 aliphatic carbocycles. The normalized spacial score (nSPS) is 10.0. The molecule has 0 aliphatic rings. The Morgan fingerprint density at radius 2 is 1.89 bits per heavy atom. The molecular formula is C3H9N4O2+. The van der Waals surface area contributed by atoms with Crippen LogP contribution in [-0.2, 0) is 4.79 Å². The molecule has 1 atom stereocenters. The molecule has 0 aliphatic heterocycles. The van der Waals surface area contributed by atoms with Crippen molar-refractivity contribution in [1.29, 1.82) is 11.1 Å². The summed E-state index contributed by atoms with van der Waals surface area (Å²) in [5.74, 6) is -0.963. The van der Waals surface area contributed by atoms with Gasteiger partial charge in [-0.1, -0.05) is 0 Å². The summed E-state index contributed by atoms with van der Waals surface area (Å²) in [5, 5.41) is 7.87. The molecule has 9 heavy (non-hydrogen) atoms. The van der Waals surface area contributed by atoms with Crippen LogP contribution in [0.15, 0.2) is 0 Å². The van der Waals surface area contributed by atoms with Crippen LogP contribution < -0.4 is 10.6 Å². The molecular weight excluding hydrogens is 124 g/mol. The fourth-order valence-electron chi connectivity index (χ4n) is 0. The van der Waals surface area contributed by atoms with E-state index >= 15 is 0 Å². The fourth-order valence-corrected chi connectivity index (χ4v) is 0. The van der Waals surface area contributed by atoms with Crippen molar-refractivity contribution in [2.24, 2.45) is 5.73 Å². The van der Waals surface area contributed by atoms with E-state index in [0.29, 0.717) is 0 Å². The average molecular weight is 133 g/mol. The third-order valence-electron chi connectivity index (χ3n) is 0.390. The maximum Gasteiger partial charge on any atom is 0.320 e. The maximum absolute atomic E-state index is 9.57. The molecule has 6 nitrogen and oxygen atoms in total. The number of carboxylic acid groups (broad SMARTS) is 1. The van der Waals surface area contributed by atoms with Crippen LogP contribution in [0.25, 0.3) is 0 Å². The zero-order chi connectivity index (χ0) is 7.86. The van der Waals surface area contributed by atoms with Crippen molar-refractivity contribution in [2.75, 3.05) is 0 Å². The van der Waals surface area contributed by atoms with E-state index in [4.69, 9.17) is 21.9 Å². The van der Waals surface area contributed by atoms with Gasteiger partial charge in [0.1, 0.15) is 17.1 Å². The van der Waals surface area contributed by atoms with Crippen LogP contribution in [0.4, 0.5) is 0 Å². The molecule has 6 heteroatoms. The number of nitrogens with two attached hydrogens (primary N) is 1. The molecule has 5 N–H and O–H groups in total. The van der Waals surface area contributed by atoms with Gasteiger partial charge in [-0.15, -0.1) is 0 Å². The van der Waals surface area contributed by atoms with Crippen LogP contribution in [0.3, 0.4) is 0 Å². The van der Waals surface area contributed by atoms with Gasteiger partial charge in [-0.25, -0.2) is 0 Å². The topological polar surface area (TPSA) is 125 Å². The van der Waals surface area contributed by atoms with Crippen molar-refractivity contribution in [2.45, 2.75) is 13.0 Å². The van der Waals surface area contributed by atoms with E-state index in [-0.39, 0.29) is 0 Å². The average Bonchev–Trinajstić information content (AvgIpc) is 1.68. The first kappa shape index (κ1) is 10.7. The van der Waals surface area contributed by atoms with Crippen LogP contribution in [0, 0.1) is 11.1 Å². The molecule has 0 amide bonds. The van der Waals surface area contributed by atoms with Gasteiger partial charge in [-0.05, 0) is 6.92 Å². The lowest BCUT2D eigenvalue weighted by atomic mass is 10.4. The first-order valence-corrected chi connectivity index (χ1v) is 2.07. The second kappa shape index (κ2) is 6.74. The summed E-state index contributed by atoms with van der Waals surface area (Å²) in [6.45, 7) is 1.42. The highest BCUT2D eigenvalue weighted by Crippen LogP contribution is 1.68. The Morgan fingerprint density at radius 3 is 1.89 bits per heavy atom. The standard InChI is InChI=1S/C3H7NO2.H2N3/c1-2(4)3(5)6;1-3-2/h2H,4H2,1H3,(H,5,6);1-2H/q;+1/t2-;/m1./s1. The van der Waals surface area contributed by atoms with Gasteiger partial charge < -0.3 is 10.8 Å². The molecule has 0 rings (SSSR count). The molecule has 0 aromatic rings. The number of carbonyl (C=O) groups is 1. The lowest BCUT2D eigenvalue weighted by molar-refractivity contribution is -0.138. The Morgan fingerprint density at radius 1 is 1.78 bits per heavy atom. The number of aliphatic carboxylic acids is 1. The third-order valence-corrected chi connectivity index (χ3v) is 0.390. The van der Waals surface area contributed by atoms with Crippen molar-refractivity contribution < 1.29 is 9.90 Å². The lowest BCUT2D eigenvalue weighted by Crippen LogP contribution is -2.25. The minimum Gasteiger partial charge on any atom is -0.480 e. The summed E-state index contributed by atoms with van der Waals surface area (Å²) >= 11 is 0. The molecule has 0 aromatic carbocycles. The SMILES string of the molecule is C[C@@H](N)C(=O)O.N=[N+]=N. The van der Waals surface area contributed by atoms with E-state index in [9.17, 15) is 4.79 Å². The Bertz CT molecular complexity index is 115. The van der Waals surface area contributed by atoms with Gasteiger partial charge in [0, 0.05) is 0 Å². The predicted octanol–water partition coefficient (Wildman–Crippen LogP) is -0.466. The van der Waals surface area contributed by atoms with Crippen molar-refractivity contribution in [3.05, 3.63) is 0 Å². The van der Waals surface area contributed by atoms with Gasteiger partial charge >= 0.3 is 5.97 Å². The van der Waals surface area contributed by atoms with Crippen LogP contribution in [-0.4, -0.2) is 17.1 Å². The number of hydrogen-bond acceptors (Lipinski definition) is 4. The lowest BCUT2D eigenvalue weighted by Gasteiger charge is -1.90. The predicted molar refractivity (Wildman–Crippen MR) is 28.9 cm³/mol. The zero-order valence-electron chi connectivity index (χ0n) is 4.96. The number of nitrogens with zero attached hydrogens (tertiary/aromatic N) is 1. The quantitative estimate of drug-likeness (QED) is 0.285. The molecule has 0 spiro atoms. The molecule has 0 fully saturated rings. The van der Waals surface area contributed by atoms with Crippen LogP contribution in [0.1, 0.15) is 6.92 Å². The summed E-state index contributed by atoms with van der Waals surface area (Å²) in [7, 11) is 0. The monoisotopic (exact) mass is 133 g/mol. The summed E-state index contributed by atoms with van der Waals surface area (Å²) in [5.41, 5.74) is 15.8. The Hall–Kier alpha value is -1.26. The molecule has 0 heterocycles. The maximum atomic E-state index is 9.57. The first-order valence-electron chi connectivity index (χ1n) is 2.07. The third kappa shape index (κ3) is 20.2. The Kier molecular flexibility index (Phi) is 7.99. The van der Waals surface area contributed by atoms with Gasteiger partial charge in [0.05, 0.1) is 0 Å². The minimum atomic E-state index is -0.963. The van der Waals surface area contributed by atoms with Gasteiger partial charge in [0.25, 0.3) is 0 Å². The van der Waals surface area contributed by atoms with E-state index in [1.54, 1.807) is 0 Å². The first-order chi connectivity index (χ1) is 4.06. The van der Waals surface area contributed by atoms with E-state index < -0.39 is 12.0 Å². The van der Waals surface area contributed by atoms with Crippen LogP contribution in [0.2, 0.25) is 0 Å². The molecule has 0 aromatic heterocycles. The van der Waals surface area contributed by atoms with E-state index in [2.05, 4.69) is 0 Å². The smallest absolute Gasteiger partial charge is 0.320 e. The second-order valence-corrected chi connectivity index (χ2v) is 1.24. The summed E-state index contributed by atoms with van der Waals surface area (Å²) in [4.78, 5) is 11.6. The Labute approximate surface area is 51.7 Å². The van der Waals surface area contributed by atoms with Crippen molar-refractivity contribution in [3.63, 3.8) is 0 Å². The second-order valence-electron chi connectivity index (χ2n) is 1.24. The summed E-state index contributed by atoms with van der Waals surface area (Å²) in [6, 6.07) is -0.731. The van der Waals surface area contributed by atoms with E-state index in [1.807, 2.05) is 4.91 Å². The van der Waals surface area contributed by atoms with Gasteiger partial charge in [-0.3, -0.25) is 4.79 Å². The van der Waals surface area contributed by atoms with Crippen molar-refractivity contribution in [1.82, 2.24) is 4.91 Å². The summed E-state index contributed by atoms with van der Waals surface area (Å²) in [6.07, 6.45) is 0.